The lowest BCUT2D eigenvalue weighted by Gasteiger charge is -2.30. The molecule has 1 aliphatic heterocycles. The Morgan fingerprint density at radius 1 is 1.00 bits per heavy atom. The van der Waals surface area contributed by atoms with Crippen molar-refractivity contribution in [2.24, 2.45) is 0 Å². The van der Waals surface area contributed by atoms with Crippen molar-refractivity contribution in [2.45, 2.75) is 45.6 Å². The molecule has 4 heteroatoms. The molecule has 0 radical (unpaired) electrons. The molecule has 0 aromatic heterocycles. The molecule has 1 atom stereocenters. The lowest BCUT2D eigenvalue weighted by Crippen LogP contribution is -2.31. The fraction of sp³-hybridized carbons (Fsp3) is 0.478. The quantitative estimate of drug-likeness (QED) is 0.834. The summed E-state index contributed by atoms with van der Waals surface area (Å²) in [5.74, 6) is 2.55. The van der Waals surface area contributed by atoms with Gasteiger partial charge in [-0.1, -0.05) is 26.8 Å². The standard InChI is InChI=1S/C23H31NO3/c1-7-27-21-14-17-15(13-20(21)26-6)10-11-24-22(17)16-8-9-19(25-5)18(12-16)23(2,3)4/h8-9,12-14,22,24H,7,10-11H2,1-6H3. The SMILES string of the molecule is CCOc1cc2c(cc1OC)CCNC2c1ccc(OC)c(C(C)(C)C)c1. The van der Waals surface area contributed by atoms with Crippen molar-refractivity contribution in [3.8, 4) is 17.2 Å². The molecule has 4 nitrogen and oxygen atoms in total. The summed E-state index contributed by atoms with van der Waals surface area (Å²) in [7, 11) is 3.43. The largest absolute Gasteiger partial charge is 0.496 e. The smallest absolute Gasteiger partial charge is 0.161 e. The maximum absolute atomic E-state index is 5.82. The molecule has 1 unspecified atom stereocenters. The minimum atomic E-state index is 0.00917. The molecule has 1 heterocycles. The molecule has 0 saturated carbocycles. The molecule has 1 aliphatic rings. The van der Waals surface area contributed by atoms with Crippen molar-refractivity contribution in [3.63, 3.8) is 0 Å². The second-order valence-corrected chi connectivity index (χ2v) is 7.98. The van der Waals surface area contributed by atoms with E-state index in [0.717, 1.165) is 30.2 Å². The molecule has 0 amide bonds. The molecular weight excluding hydrogens is 338 g/mol. The van der Waals surface area contributed by atoms with E-state index < -0.39 is 0 Å². The van der Waals surface area contributed by atoms with Gasteiger partial charge < -0.3 is 19.5 Å². The van der Waals surface area contributed by atoms with E-state index in [1.165, 1.54) is 22.3 Å². The van der Waals surface area contributed by atoms with Crippen LogP contribution in [0.25, 0.3) is 0 Å². The average molecular weight is 370 g/mol. The molecule has 27 heavy (non-hydrogen) atoms. The van der Waals surface area contributed by atoms with E-state index in [2.05, 4.69) is 56.4 Å². The highest BCUT2D eigenvalue weighted by Crippen LogP contribution is 2.40. The third-order valence-electron chi connectivity index (χ3n) is 5.14. The summed E-state index contributed by atoms with van der Waals surface area (Å²) in [5, 5.41) is 3.68. The molecule has 0 spiro atoms. The Morgan fingerprint density at radius 2 is 1.74 bits per heavy atom. The Hall–Kier alpha value is -2.20. The van der Waals surface area contributed by atoms with E-state index in [4.69, 9.17) is 14.2 Å². The molecule has 0 bridgehead atoms. The number of fused-ring (bicyclic) bond motifs is 1. The maximum atomic E-state index is 5.82. The zero-order valence-electron chi connectivity index (χ0n) is 17.3. The van der Waals surface area contributed by atoms with Gasteiger partial charge in [-0.3, -0.25) is 0 Å². The second kappa shape index (κ2) is 7.81. The number of nitrogens with one attached hydrogen (secondary N) is 1. The predicted molar refractivity (Wildman–Crippen MR) is 109 cm³/mol. The monoisotopic (exact) mass is 369 g/mol. The summed E-state index contributed by atoms with van der Waals surface area (Å²) in [6.45, 7) is 10.2. The number of rotatable bonds is 5. The van der Waals surface area contributed by atoms with Crippen LogP contribution < -0.4 is 19.5 Å². The lowest BCUT2D eigenvalue weighted by atomic mass is 9.82. The van der Waals surface area contributed by atoms with E-state index in [-0.39, 0.29) is 11.5 Å². The zero-order valence-corrected chi connectivity index (χ0v) is 17.3. The average Bonchev–Trinajstić information content (AvgIpc) is 2.66. The Labute approximate surface area is 162 Å². The van der Waals surface area contributed by atoms with E-state index in [1.54, 1.807) is 14.2 Å². The minimum Gasteiger partial charge on any atom is -0.496 e. The van der Waals surface area contributed by atoms with Crippen LogP contribution in [0.15, 0.2) is 30.3 Å². The van der Waals surface area contributed by atoms with Crippen molar-refractivity contribution in [3.05, 3.63) is 52.6 Å². The highest BCUT2D eigenvalue weighted by molar-refractivity contribution is 5.53. The molecule has 0 fully saturated rings. The number of methoxy groups -OCH3 is 2. The van der Waals surface area contributed by atoms with Gasteiger partial charge >= 0.3 is 0 Å². The molecule has 146 valence electrons. The van der Waals surface area contributed by atoms with Gasteiger partial charge in [0.1, 0.15) is 5.75 Å². The molecule has 1 N–H and O–H groups in total. The molecular formula is C23H31NO3. The van der Waals surface area contributed by atoms with Gasteiger partial charge in [-0.25, -0.2) is 0 Å². The van der Waals surface area contributed by atoms with Gasteiger partial charge in [0.05, 0.1) is 26.9 Å². The topological polar surface area (TPSA) is 39.7 Å². The summed E-state index contributed by atoms with van der Waals surface area (Å²) >= 11 is 0. The van der Waals surface area contributed by atoms with Crippen LogP contribution in [0, 0.1) is 0 Å². The van der Waals surface area contributed by atoms with Crippen LogP contribution in [-0.4, -0.2) is 27.4 Å². The van der Waals surface area contributed by atoms with Gasteiger partial charge in [0.2, 0.25) is 0 Å². The Kier molecular flexibility index (Phi) is 5.66. The highest BCUT2D eigenvalue weighted by atomic mass is 16.5. The first kappa shape index (κ1) is 19.6. The van der Waals surface area contributed by atoms with Crippen molar-refractivity contribution in [2.75, 3.05) is 27.4 Å². The number of ether oxygens (including phenoxy) is 3. The summed E-state index contributed by atoms with van der Waals surface area (Å²) < 4.78 is 17.0. The van der Waals surface area contributed by atoms with Crippen LogP contribution in [0.5, 0.6) is 17.2 Å². The first-order chi connectivity index (χ1) is 12.9. The number of hydrogen-bond acceptors (Lipinski definition) is 4. The Morgan fingerprint density at radius 3 is 2.37 bits per heavy atom. The van der Waals surface area contributed by atoms with Crippen LogP contribution in [0.2, 0.25) is 0 Å². The minimum absolute atomic E-state index is 0.00917. The molecule has 2 aromatic rings. The zero-order chi connectivity index (χ0) is 19.6. The highest BCUT2D eigenvalue weighted by Gasteiger charge is 2.26. The molecule has 0 aliphatic carbocycles. The third-order valence-corrected chi connectivity index (χ3v) is 5.14. The van der Waals surface area contributed by atoms with E-state index in [0.29, 0.717) is 6.61 Å². The second-order valence-electron chi connectivity index (χ2n) is 7.98. The van der Waals surface area contributed by atoms with Crippen molar-refractivity contribution >= 4 is 0 Å². The van der Waals surface area contributed by atoms with Gasteiger partial charge in [0.15, 0.2) is 11.5 Å². The fourth-order valence-electron chi connectivity index (χ4n) is 3.78. The van der Waals surface area contributed by atoms with Gasteiger partial charge in [-0.05, 0) is 65.3 Å². The Bertz CT molecular complexity index is 808. The molecule has 0 saturated heterocycles. The first-order valence-electron chi connectivity index (χ1n) is 9.64. The molecule has 2 aromatic carbocycles. The van der Waals surface area contributed by atoms with Gasteiger partial charge in [-0.2, -0.15) is 0 Å². The predicted octanol–water partition coefficient (Wildman–Crippen LogP) is 4.64. The Balaban J connectivity index is 2.09. The normalized spacial score (nSPS) is 16.6. The van der Waals surface area contributed by atoms with Crippen LogP contribution in [0.4, 0.5) is 0 Å². The van der Waals surface area contributed by atoms with Gasteiger partial charge in [-0.15, -0.1) is 0 Å². The van der Waals surface area contributed by atoms with Gasteiger partial charge in [0, 0.05) is 6.54 Å². The third kappa shape index (κ3) is 3.91. The summed E-state index contributed by atoms with van der Waals surface area (Å²) in [6, 6.07) is 10.9. The van der Waals surface area contributed by atoms with Crippen LogP contribution in [0.3, 0.4) is 0 Å². The van der Waals surface area contributed by atoms with E-state index >= 15 is 0 Å². The van der Waals surface area contributed by atoms with Crippen LogP contribution in [-0.2, 0) is 11.8 Å². The van der Waals surface area contributed by atoms with E-state index in [1.807, 2.05) is 6.92 Å². The number of hydrogen-bond donors (Lipinski definition) is 1. The lowest BCUT2D eigenvalue weighted by molar-refractivity contribution is 0.309. The van der Waals surface area contributed by atoms with Crippen molar-refractivity contribution < 1.29 is 14.2 Å². The summed E-state index contributed by atoms with van der Waals surface area (Å²) in [6.07, 6.45) is 0.983. The number of benzene rings is 2. The van der Waals surface area contributed by atoms with Crippen molar-refractivity contribution in [1.29, 1.82) is 0 Å². The van der Waals surface area contributed by atoms with Gasteiger partial charge in [0.25, 0.3) is 0 Å². The van der Waals surface area contributed by atoms with Crippen LogP contribution >= 0.6 is 0 Å². The van der Waals surface area contributed by atoms with E-state index in [9.17, 15) is 0 Å². The van der Waals surface area contributed by atoms with Crippen LogP contribution in [0.1, 0.15) is 56.0 Å². The fourth-order valence-corrected chi connectivity index (χ4v) is 3.78. The summed E-state index contributed by atoms with van der Waals surface area (Å²) in [4.78, 5) is 0. The first-order valence-corrected chi connectivity index (χ1v) is 9.64. The van der Waals surface area contributed by atoms with Crippen molar-refractivity contribution in [1.82, 2.24) is 5.32 Å². The summed E-state index contributed by atoms with van der Waals surface area (Å²) in [5.41, 5.74) is 5.04. The molecule has 3 rings (SSSR count). The maximum Gasteiger partial charge on any atom is 0.161 e.